The number of ether oxygens (including phenoxy) is 1. The summed E-state index contributed by atoms with van der Waals surface area (Å²) in [5.41, 5.74) is 6.55. The Morgan fingerprint density at radius 2 is 2.14 bits per heavy atom. The topological polar surface area (TPSA) is 69.4 Å². The molecule has 4 heteroatoms. The maximum absolute atomic E-state index is 11.0. The standard InChI is InChI=1S/C10H11NO3/c1-6-3-9(14-2)8(10(11)13)4-7(6)5-12/h3-5H,1-2H3,(H2,11,13). The molecule has 1 aromatic rings. The first kappa shape index (κ1) is 10.2. The van der Waals surface area contributed by atoms with E-state index in [0.29, 0.717) is 17.6 Å². The summed E-state index contributed by atoms with van der Waals surface area (Å²) in [6, 6.07) is 3.05. The van der Waals surface area contributed by atoms with Gasteiger partial charge in [-0.1, -0.05) is 0 Å². The molecule has 0 heterocycles. The van der Waals surface area contributed by atoms with Crippen LogP contribution in [0.4, 0.5) is 0 Å². The third kappa shape index (κ3) is 1.74. The molecule has 74 valence electrons. The average Bonchev–Trinajstić information content (AvgIpc) is 2.16. The van der Waals surface area contributed by atoms with Gasteiger partial charge in [0.1, 0.15) is 12.0 Å². The number of rotatable bonds is 3. The zero-order chi connectivity index (χ0) is 10.7. The number of aldehydes is 1. The summed E-state index contributed by atoms with van der Waals surface area (Å²) >= 11 is 0. The predicted octanol–water partition coefficient (Wildman–Crippen LogP) is 0.915. The second-order valence-corrected chi connectivity index (χ2v) is 2.89. The second kappa shape index (κ2) is 3.91. The van der Waals surface area contributed by atoms with E-state index in [9.17, 15) is 9.59 Å². The van der Waals surface area contributed by atoms with E-state index in [0.717, 1.165) is 5.56 Å². The molecule has 0 atom stereocenters. The summed E-state index contributed by atoms with van der Waals surface area (Å²) in [6.07, 6.45) is 0.682. The Hall–Kier alpha value is -1.84. The maximum Gasteiger partial charge on any atom is 0.252 e. The quantitative estimate of drug-likeness (QED) is 0.725. The van der Waals surface area contributed by atoms with Gasteiger partial charge < -0.3 is 10.5 Å². The van der Waals surface area contributed by atoms with Gasteiger partial charge in [-0.2, -0.15) is 0 Å². The van der Waals surface area contributed by atoms with Gasteiger partial charge in [0.2, 0.25) is 0 Å². The van der Waals surface area contributed by atoms with Crippen LogP contribution in [-0.2, 0) is 0 Å². The van der Waals surface area contributed by atoms with Gasteiger partial charge in [0.25, 0.3) is 5.91 Å². The third-order valence-corrected chi connectivity index (χ3v) is 1.98. The highest BCUT2D eigenvalue weighted by atomic mass is 16.5. The first-order valence-electron chi connectivity index (χ1n) is 4.03. The first-order valence-corrected chi connectivity index (χ1v) is 4.03. The van der Waals surface area contributed by atoms with Crippen LogP contribution in [0.2, 0.25) is 0 Å². The Kier molecular flexibility index (Phi) is 2.86. The highest BCUT2D eigenvalue weighted by Crippen LogP contribution is 2.21. The molecule has 1 aromatic carbocycles. The highest BCUT2D eigenvalue weighted by molar-refractivity contribution is 5.97. The monoisotopic (exact) mass is 193 g/mol. The zero-order valence-electron chi connectivity index (χ0n) is 8.03. The van der Waals surface area contributed by atoms with Gasteiger partial charge in [-0.3, -0.25) is 9.59 Å². The number of carbonyl (C=O) groups is 2. The molecule has 1 rings (SSSR count). The van der Waals surface area contributed by atoms with Crippen LogP contribution >= 0.6 is 0 Å². The fraction of sp³-hybridized carbons (Fsp3) is 0.200. The van der Waals surface area contributed by atoms with Crippen molar-refractivity contribution < 1.29 is 14.3 Å². The van der Waals surface area contributed by atoms with Crippen LogP contribution in [-0.4, -0.2) is 19.3 Å². The van der Waals surface area contributed by atoms with Crippen molar-refractivity contribution >= 4 is 12.2 Å². The number of carbonyl (C=O) groups excluding carboxylic acids is 2. The lowest BCUT2D eigenvalue weighted by Crippen LogP contribution is -2.13. The van der Waals surface area contributed by atoms with E-state index in [1.54, 1.807) is 13.0 Å². The third-order valence-electron chi connectivity index (χ3n) is 1.98. The normalized spacial score (nSPS) is 9.57. The number of aryl methyl sites for hydroxylation is 1. The average molecular weight is 193 g/mol. The van der Waals surface area contributed by atoms with Crippen molar-refractivity contribution in [2.75, 3.05) is 7.11 Å². The lowest BCUT2D eigenvalue weighted by atomic mass is 10.0. The minimum atomic E-state index is -0.607. The van der Waals surface area contributed by atoms with Crippen LogP contribution in [0.25, 0.3) is 0 Å². The van der Waals surface area contributed by atoms with E-state index >= 15 is 0 Å². The van der Waals surface area contributed by atoms with Crippen molar-refractivity contribution in [2.24, 2.45) is 5.73 Å². The van der Waals surface area contributed by atoms with E-state index in [1.807, 2.05) is 0 Å². The van der Waals surface area contributed by atoms with Gasteiger partial charge in [-0.15, -0.1) is 0 Å². The molecule has 0 spiro atoms. The van der Waals surface area contributed by atoms with Crippen LogP contribution in [0.3, 0.4) is 0 Å². The molecular weight excluding hydrogens is 182 g/mol. The summed E-state index contributed by atoms with van der Waals surface area (Å²) in [4.78, 5) is 21.6. The molecule has 0 aliphatic heterocycles. The number of methoxy groups -OCH3 is 1. The molecule has 0 fully saturated rings. The fourth-order valence-corrected chi connectivity index (χ4v) is 1.19. The maximum atomic E-state index is 11.0. The number of amides is 1. The minimum Gasteiger partial charge on any atom is -0.496 e. The van der Waals surface area contributed by atoms with Crippen LogP contribution in [0.15, 0.2) is 12.1 Å². The molecule has 0 aliphatic rings. The second-order valence-electron chi connectivity index (χ2n) is 2.89. The Balaban J connectivity index is 3.39. The summed E-state index contributed by atoms with van der Waals surface area (Å²) in [5.74, 6) is -0.217. The van der Waals surface area contributed by atoms with Crippen molar-refractivity contribution in [1.82, 2.24) is 0 Å². The molecule has 0 bridgehead atoms. The first-order chi connectivity index (χ1) is 6.60. The Labute approximate surface area is 81.7 Å². The molecule has 0 unspecified atom stereocenters. The molecule has 0 radical (unpaired) electrons. The molecule has 4 nitrogen and oxygen atoms in total. The largest absolute Gasteiger partial charge is 0.496 e. The van der Waals surface area contributed by atoms with Gasteiger partial charge in [-0.25, -0.2) is 0 Å². The molecule has 1 amide bonds. The van der Waals surface area contributed by atoms with Crippen LogP contribution in [0.5, 0.6) is 5.75 Å². The van der Waals surface area contributed by atoms with Crippen molar-refractivity contribution in [3.8, 4) is 5.75 Å². The van der Waals surface area contributed by atoms with E-state index in [4.69, 9.17) is 10.5 Å². The molecule has 0 saturated carbocycles. The lowest BCUT2D eigenvalue weighted by Gasteiger charge is -2.08. The molecule has 2 N–H and O–H groups in total. The fourth-order valence-electron chi connectivity index (χ4n) is 1.19. The Morgan fingerprint density at radius 3 is 2.57 bits per heavy atom. The van der Waals surface area contributed by atoms with Gasteiger partial charge >= 0.3 is 0 Å². The Bertz CT molecular complexity index is 385. The molecule has 0 saturated heterocycles. The highest BCUT2D eigenvalue weighted by Gasteiger charge is 2.11. The molecule has 0 aromatic heterocycles. The van der Waals surface area contributed by atoms with Crippen LogP contribution in [0, 0.1) is 6.92 Å². The van der Waals surface area contributed by atoms with Gasteiger partial charge in [0.15, 0.2) is 0 Å². The summed E-state index contributed by atoms with van der Waals surface area (Å²) in [5, 5.41) is 0. The zero-order valence-corrected chi connectivity index (χ0v) is 8.03. The van der Waals surface area contributed by atoms with Crippen LogP contribution in [0.1, 0.15) is 26.3 Å². The Morgan fingerprint density at radius 1 is 1.50 bits per heavy atom. The predicted molar refractivity (Wildman–Crippen MR) is 51.6 cm³/mol. The van der Waals surface area contributed by atoms with E-state index in [2.05, 4.69) is 0 Å². The lowest BCUT2D eigenvalue weighted by molar-refractivity contribution is 0.0997. The van der Waals surface area contributed by atoms with E-state index in [-0.39, 0.29) is 5.56 Å². The molecule has 14 heavy (non-hydrogen) atoms. The number of nitrogens with two attached hydrogens (primary N) is 1. The number of primary amides is 1. The summed E-state index contributed by atoms with van der Waals surface area (Å²) < 4.78 is 4.97. The van der Waals surface area contributed by atoms with Crippen molar-refractivity contribution in [1.29, 1.82) is 0 Å². The summed E-state index contributed by atoms with van der Waals surface area (Å²) in [7, 11) is 1.45. The van der Waals surface area contributed by atoms with Crippen molar-refractivity contribution in [2.45, 2.75) is 6.92 Å². The smallest absolute Gasteiger partial charge is 0.252 e. The van der Waals surface area contributed by atoms with Gasteiger partial charge in [-0.05, 0) is 24.6 Å². The number of hydrogen-bond acceptors (Lipinski definition) is 3. The summed E-state index contributed by atoms with van der Waals surface area (Å²) in [6.45, 7) is 1.76. The minimum absolute atomic E-state index is 0.222. The van der Waals surface area contributed by atoms with Crippen molar-refractivity contribution in [3.05, 3.63) is 28.8 Å². The van der Waals surface area contributed by atoms with Gasteiger partial charge in [0.05, 0.1) is 12.7 Å². The molecule has 0 aliphatic carbocycles. The van der Waals surface area contributed by atoms with E-state index < -0.39 is 5.91 Å². The number of benzene rings is 1. The molecular formula is C10H11NO3. The van der Waals surface area contributed by atoms with Crippen LogP contribution < -0.4 is 10.5 Å². The van der Waals surface area contributed by atoms with E-state index in [1.165, 1.54) is 13.2 Å². The SMILES string of the molecule is COc1cc(C)c(C=O)cc1C(N)=O. The number of hydrogen-bond donors (Lipinski definition) is 1. The van der Waals surface area contributed by atoms with Gasteiger partial charge in [0, 0.05) is 5.56 Å². The van der Waals surface area contributed by atoms with Crippen molar-refractivity contribution in [3.63, 3.8) is 0 Å².